The molecule has 1 atom stereocenters. The highest BCUT2D eigenvalue weighted by molar-refractivity contribution is 6.31. The molecular weight excluding hydrogens is 274 g/mol. The summed E-state index contributed by atoms with van der Waals surface area (Å²) in [6.45, 7) is 1.44. The van der Waals surface area contributed by atoms with Gasteiger partial charge in [-0.1, -0.05) is 49.1 Å². The van der Waals surface area contributed by atoms with Gasteiger partial charge in [0, 0.05) is 35.7 Å². The lowest BCUT2D eigenvalue weighted by Crippen LogP contribution is -2.40. The third-order valence-electron chi connectivity index (χ3n) is 4.35. The SMILES string of the molecule is OCC1(CNCC(O)c2ccccc2Cl)CCCCC1. The van der Waals surface area contributed by atoms with Crippen LogP contribution in [0.25, 0.3) is 0 Å². The molecule has 1 aromatic rings. The summed E-state index contributed by atoms with van der Waals surface area (Å²) in [6.07, 6.45) is 5.18. The normalized spacial score (nSPS) is 19.8. The van der Waals surface area contributed by atoms with Gasteiger partial charge in [0.15, 0.2) is 0 Å². The van der Waals surface area contributed by atoms with Crippen LogP contribution in [0, 0.1) is 5.41 Å². The van der Waals surface area contributed by atoms with Crippen molar-refractivity contribution in [2.24, 2.45) is 5.41 Å². The minimum absolute atomic E-state index is 0.00154. The Morgan fingerprint density at radius 3 is 2.55 bits per heavy atom. The smallest absolute Gasteiger partial charge is 0.0928 e. The van der Waals surface area contributed by atoms with Gasteiger partial charge >= 0.3 is 0 Å². The Morgan fingerprint density at radius 2 is 1.90 bits per heavy atom. The number of rotatable bonds is 6. The van der Waals surface area contributed by atoms with Gasteiger partial charge in [-0.3, -0.25) is 0 Å². The number of hydrogen-bond acceptors (Lipinski definition) is 3. The van der Waals surface area contributed by atoms with Crippen molar-refractivity contribution in [3.05, 3.63) is 34.9 Å². The number of hydrogen-bond donors (Lipinski definition) is 3. The molecule has 0 saturated heterocycles. The Morgan fingerprint density at radius 1 is 1.20 bits per heavy atom. The molecule has 0 aromatic heterocycles. The van der Waals surface area contributed by atoms with Crippen LogP contribution in [0.4, 0.5) is 0 Å². The molecule has 2 rings (SSSR count). The van der Waals surface area contributed by atoms with Crippen LogP contribution in [0.3, 0.4) is 0 Å². The van der Waals surface area contributed by atoms with Crippen molar-refractivity contribution in [3.8, 4) is 0 Å². The lowest BCUT2D eigenvalue weighted by molar-refractivity contribution is 0.0757. The van der Waals surface area contributed by atoms with Gasteiger partial charge in [-0.25, -0.2) is 0 Å². The zero-order chi connectivity index (χ0) is 14.4. The first-order valence-electron chi connectivity index (χ1n) is 7.41. The van der Waals surface area contributed by atoms with Crippen molar-refractivity contribution in [1.29, 1.82) is 0 Å². The van der Waals surface area contributed by atoms with E-state index >= 15 is 0 Å². The molecular formula is C16H24ClNO2. The van der Waals surface area contributed by atoms with Crippen LogP contribution in [0.1, 0.15) is 43.8 Å². The Kier molecular flexibility index (Phi) is 5.85. The molecule has 1 saturated carbocycles. The van der Waals surface area contributed by atoms with E-state index in [1.807, 2.05) is 18.2 Å². The van der Waals surface area contributed by atoms with Crippen LogP contribution in [-0.4, -0.2) is 29.9 Å². The monoisotopic (exact) mass is 297 g/mol. The molecule has 1 fully saturated rings. The van der Waals surface area contributed by atoms with Crippen LogP contribution in [-0.2, 0) is 0 Å². The summed E-state index contributed by atoms with van der Waals surface area (Å²) in [6, 6.07) is 7.36. The fraction of sp³-hybridized carbons (Fsp3) is 0.625. The summed E-state index contributed by atoms with van der Waals surface area (Å²) >= 11 is 6.07. The minimum atomic E-state index is -0.608. The van der Waals surface area contributed by atoms with Gasteiger partial charge < -0.3 is 15.5 Å². The molecule has 0 amide bonds. The molecule has 0 aliphatic heterocycles. The molecule has 3 nitrogen and oxygen atoms in total. The summed E-state index contributed by atoms with van der Waals surface area (Å²) in [5.41, 5.74) is 0.752. The minimum Gasteiger partial charge on any atom is -0.396 e. The maximum absolute atomic E-state index is 10.2. The second-order valence-corrected chi connectivity index (χ2v) is 6.29. The fourth-order valence-electron chi connectivity index (χ4n) is 3.02. The third kappa shape index (κ3) is 3.95. The van der Waals surface area contributed by atoms with Crippen molar-refractivity contribution in [2.45, 2.75) is 38.2 Å². The topological polar surface area (TPSA) is 52.5 Å². The van der Waals surface area contributed by atoms with Gasteiger partial charge in [-0.15, -0.1) is 0 Å². The maximum Gasteiger partial charge on any atom is 0.0928 e. The molecule has 0 spiro atoms. The van der Waals surface area contributed by atoms with Crippen LogP contribution < -0.4 is 5.32 Å². The van der Waals surface area contributed by atoms with E-state index in [4.69, 9.17) is 11.6 Å². The number of aliphatic hydroxyl groups is 2. The van der Waals surface area contributed by atoms with Gasteiger partial charge in [0.1, 0.15) is 0 Å². The molecule has 1 aromatic carbocycles. The van der Waals surface area contributed by atoms with Crippen LogP contribution >= 0.6 is 11.6 Å². The van der Waals surface area contributed by atoms with Crippen LogP contribution in [0.15, 0.2) is 24.3 Å². The standard InChI is InChI=1S/C16H24ClNO2/c17-14-7-3-2-6-13(14)15(20)10-18-11-16(12-19)8-4-1-5-9-16/h2-3,6-7,15,18-20H,1,4-5,8-12H2. The van der Waals surface area contributed by atoms with E-state index in [0.717, 1.165) is 24.9 Å². The predicted molar refractivity (Wildman–Crippen MR) is 81.9 cm³/mol. The number of aliphatic hydroxyl groups excluding tert-OH is 2. The molecule has 1 aliphatic rings. The van der Waals surface area contributed by atoms with Gasteiger partial charge in [0.05, 0.1) is 6.10 Å². The number of nitrogens with one attached hydrogen (secondary N) is 1. The molecule has 112 valence electrons. The summed E-state index contributed by atoms with van der Waals surface area (Å²) in [5.74, 6) is 0. The van der Waals surface area contributed by atoms with E-state index in [1.54, 1.807) is 6.07 Å². The lowest BCUT2D eigenvalue weighted by atomic mass is 9.74. The van der Waals surface area contributed by atoms with Crippen LogP contribution in [0.2, 0.25) is 5.02 Å². The zero-order valence-corrected chi connectivity index (χ0v) is 12.6. The second kappa shape index (κ2) is 7.41. The third-order valence-corrected chi connectivity index (χ3v) is 4.70. The first kappa shape index (κ1) is 15.8. The van der Waals surface area contributed by atoms with Gasteiger partial charge in [0.2, 0.25) is 0 Å². The second-order valence-electron chi connectivity index (χ2n) is 5.89. The summed E-state index contributed by atoms with van der Waals surface area (Å²) in [7, 11) is 0. The maximum atomic E-state index is 10.2. The number of benzene rings is 1. The van der Waals surface area contributed by atoms with E-state index in [0.29, 0.717) is 11.6 Å². The van der Waals surface area contributed by atoms with Crippen molar-refractivity contribution in [3.63, 3.8) is 0 Å². The van der Waals surface area contributed by atoms with Crippen molar-refractivity contribution in [2.75, 3.05) is 19.7 Å². The molecule has 1 unspecified atom stereocenters. The van der Waals surface area contributed by atoms with Gasteiger partial charge in [-0.05, 0) is 18.9 Å². The fourth-order valence-corrected chi connectivity index (χ4v) is 3.28. The quantitative estimate of drug-likeness (QED) is 0.757. The Bertz CT molecular complexity index is 419. The van der Waals surface area contributed by atoms with Gasteiger partial charge in [-0.2, -0.15) is 0 Å². The van der Waals surface area contributed by atoms with E-state index < -0.39 is 6.10 Å². The number of halogens is 1. The van der Waals surface area contributed by atoms with E-state index in [-0.39, 0.29) is 12.0 Å². The Hall–Kier alpha value is -0.610. The predicted octanol–water partition coefficient (Wildman–Crippen LogP) is 2.91. The van der Waals surface area contributed by atoms with Crippen molar-refractivity contribution < 1.29 is 10.2 Å². The average molecular weight is 298 g/mol. The van der Waals surface area contributed by atoms with E-state index in [1.165, 1.54) is 19.3 Å². The summed E-state index contributed by atoms with van der Waals surface area (Å²) < 4.78 is 0. The largest absolute Gasteiger partial charge is 0.396 e. The molecule has 0 radical (unpaired) electrons. The van der Waals surface area contributed by atoms with Crippen LogP contribution in [0.5, 0.6) is 0 Å². The summed E-state index contributed by atoms with van der Waals surface area (Å²) in [5, 5.41) is 23.7. The molecule has 0 bridgehead atoms. The molecule has 3 N–H and O–H groups in total. The Labute approximate surface area is 126 Å². The average Bonchev–Trinajstić information content (AvgIpc) is 2.48. The van der Waals surface area contributed by atoms with Gasteiger partial charge in [0.25, 0.3) is 0 Å². The molecule has 4 heteroatoms. The molecule has 0 heterocycles. The highest BCUT2D eigenvalue weighted by Crippen LogP contribution is 2.35. The highest BCUT2D eigenvalue weighted by Gasteiger charge is 2.31. The van der Waals surface area contributed by atoms with E-state index in [9.17, 15) is 10.2 Å². The van der Waals surface area contributed by atoms with E-state index in [2.05, 4.69) is 5.32 Å². The van der Waals surface area contributed by atoms with Crippen molar-refractivity contribution >= 4 is 11.6 Å². The zero-order valence-electron chi connectivity index (χ0n) is 11.8. The molecule has 20 heavy (non-hydrogen) atoms. The Balaban J connectivity index is 1.84. The lowest BCUT2D eigenvalue weighted by Gasteiger charge is -2.36. The molecule has 1 aliphatic carbocycles. The highest BCUT2D eigenvalue weighted by atomic mass is 35.5. The van der Waals surface area contributed by atoms with Crippen molar-refractivity contribution in [1.82, 2.24) is 5.32 Å². The summed E-state index contributed by atoms with van der Waals surface area (Å²) in [4.78, 5) is 0. The first-order valence-corrected chi connectivity index (χ1v) is 7.79. The first-order chi connectivity index (χ1) is 9.67.